The Balaban J connectivity index is 2.99. The second-order valence-electron chi connectivity index (χ2n) is 2.82. The molecule has 0 saturated heterocycles. The van der Waals surface area contributed by atoms with Crippen molar-refractivity contribution in [2.24, 2.45) is 0 Å². The maximum absolute atomic E-state index is 13.2. The van der Waals surface area contributed by atoms with Crippen molar-refractivity contribution in [1.82, 2.24) is 0 Å². The number of para-hydroxylation sites is 1. The molecule has 0 saturated carbocycles. The molecule has 1 aromatic carbocycles. The van der Waals surface area contributed by atoms with Gasteiger partial charge in [0.15, 0.2) is 0 Å². The molecule has 0 aromatic heterocycles. The number of likely N-dealkylation sites (N-methyl/N-ethyl adjacent to an activating group) is 1. The molecule has 0 heterocycles. The Hall–Kier alpha value is -1.29. The van der Waals surface area contributed by atoms with E-state index < -0.39 is 11.8 Å². The molecule has 0 unspecified atom stereocenters. The van der Waals surface area contributed by atoms with E-state index in [1.165, 1.54) is 30.1 Å². The molecule has 0 spiro atoms. The number of nitrogens with zero attached hydrogens (tertiary/aromatic N) is 1. The lowest BCUT2D eigenvalue weighted by atomic mass is 10.3. The Morgan fingerprint density at radius 3 is 2.79 bits per heavy atom. The van der Waals surface area contributed by atoms with Crippen LogP contribution >= 0.6 is 11.6 Å². The Labute approximate surface area is 85.7 Å². The highest BCUT2D eigenvalue weighted by atomic mass is 35.5. The van der Waals surface area contributed by atoms with Gasteiger partial charge in [-0.15, -0.1) is 0 Å². The van der Waals surface area contributed by atoms with Gasteiger partial charge in [-0.2, -0.15) is 0 Å². The smallest absolute Gasteiger partial charge is 0.323 e. The number of carbonyl (C=O) groups is 1. The molecule has 0 bridgehead atoms. The van der Waals surface area contributed by atoms with Gasteiger partial charge < -0.3 is 10.0 Å². The van der Waals surface area contributed by atoms with Gasteiger partial charge in [0, 0.05) is 7.05 Å². The molecule has 0 atom stereocenters. The minimum atomic E-state index is -1.04. The molecule has 0 amide bonds. The summed E-state index contributed by atoms with van der Waals surface area (Å²) in [6, 6.07) is 4.22. The van der Waals surface area contributed by atoms with Crippen molar-refractivity contribution in [2.75, 3.05) is 18.5 Å². The highest BCUT2D eigenvalue weighted by molar-refractivity contribution is 6.33. The number of carboxylic acid groups (broad SMARTS) is 1. The first kappa shape index (κ1) is 10.8. The largest absolute Gasteiger partial charge is 0.480 e. The van der Waals surface area contributed by atoms with E-state index in [-0.39, 0.29) is 17.3 Å². The van der Waals surface area contributed by atoms with Crippen LogP contribution in [-0.4, -0.2) is 24.7 Å². The molecule has 5 heteroatoms. The first-order valence-electron chi connectivity index (χ1n) is 3.89. The monoisotopic (exact) mass is 217 g/mol. The van der Waals surface area contributed by atoms with Crippen molar-refractivity contribution in [3.8, 4) is 0 Å². The van der Waals surface area contributed by atoms with E-state index in [1.807, 2.05) is 0 Å². The van der Waals surface area contributed by atoms with Gasteiger partial charge in [0.1, 0.15) is 12.4 Å². The molecule has 1 rings (SSSR count). The number of hydrogen-bond donors (Lipinski definition) is 1. The van der Waals surface area contributed by atoms with Crippen LogP contribution < -0.4 is 4.90 Å². The van der Waals surface area contributed by atoms with Gasteiger partial charge in [-0.05, 0) is 12.1 Å². The molecule has 0 fully saturated rings. The van der Waals surface area contributed by atoms with Crippen LogP contribution in [0.4, 0.5) is 10.1 Å². The zero-order valence-electron chi connectivity index (χ0n) is 7.50. The van der Waals surface area contributed by atoms with Crippen LogP contribution in [0.5, 0.6) is 0 Å². The minimum absolute atomic E-state index is 0.108. The van der Waals surface area contributed by atoms with Crippen molar-refractivity contribution >= 4 is 23.3 Å². The molecular weight excluding hydrogens is 209 g/mol. The summed E-state index contributed by atoms with van der Waals surface area (Å²) in [5.74, 6) is -1.56. The van der Waals surface area contributed by atoms with Gasteiger partial charge in [0.25, 0.3) is 0 Å². The van der Waals surface area contributed by atoms with E-state index in [0.717, 1.165) is 0 Å². The Morgan fingerprint density at radius 2 is 2.29 bits per heavy atom. The number of aliphatic carboxylic acids is 1. The van der Waals surface area contributed by atoms with E-state index in [0.29, 0.717) is 0 Å². The zero-order valence-corrected chi connectivity index (χ0v) is 8.25. The van der Waals surface area contributed by atoms with Crippen LogP contribution in [-0.2, 0) is 4.79 Å². The molecule has 0 aliphatic heterocycles. The summed E-state index contributed by atoms with van der Waals surface area (Å²) in [5.41, 5.74) is 0.108. The lowest BCUT2D eigenvalue weighted by molar-refractivity contribution is -0.135. The molecule has 14 heavy (non-hydrogen) atoms. The summed E-state index contributed by atoms with van der Waals surface area (Å²) in [6.07, 6.45) is 0. The molecule has 1 aromatic rings. The minimum Gasteiger partial charge on any atom is -0.480 e. The van der Waals surface area contributed by atoms with E-state index in [2.05, 4.69) is 0 Å². The van der Waals surface area contributed by atoms with E-state index >= 15 is 0 Å². The van der Waals surface area contributed by atoms with Crippen molar-refractivity contribution < 1.29 is 14.3 Å². The van der Waals surface area contributed by atoms with Crippen molar-refractivity contribution in [1.29, 1.82) is 0 Å². The Bertz CT molecular complexity index is 336. The average molecular weight is 218 g/mol. The molecule has 0 aliphatic rings. The number of carboxylic acids is 1. The lowest BCUT2D eigenvalue weighted by Gasteiger charge is -2.18. The van der Waals surface area contributed by atoms with Crippen LogP contribution in [0.25, 0.3) is 0 Å². The lowest BCUT2D eigenvalue weighted by Crippen LogP contribution is -2.26. The number of benzene rings is 1. The summed E-state index contributed by atoms with van der Waals surface area (Å²) in [4.78, 5) is 11.6. The van der Waals surface area contributed by atoms with E-state index in [9.17, 15) is 9.18 Å². The maximum atomic E-state index is 13.2. The van der Waals surface area contributed by atoms with Crippen LogP contribution in [0.1, 0.15) is 0 Å². The Kier molecular flexibility index (Phi) is 3.30. The van der Waals surface area contributed by atoms with E-state index in [4.69, 9.17) is 16.7 Å². The second-order valence-corrected chi connectivity index (χ2v) is 3.23. The highest BCUT2D eigenvalue weighted by Gasteiger charge is 2.13. The van der Waals surface area contributed by atoms with Crippen molar-refractivity contribution in [3.63, 3.8) is 0 Å². The van der Waals surface area contributed by atoms with Gasteiger partial charge in [-0.25, -0.2) is 4.39 Å². The fourth-order valence-electron chi connectivity index (χ4n) is 1.14. The molecule has 0 aliphatic carbocycles. The van der Waals surface area contributed by atoms with Gasteiger partial charge in [-0.1, -0.05) is 17.7 Å². The second kappa shape index (κ2) is 4.28. The maximum Gasteiger partial charge on any atom is 0.323 e. The topological polar surface area (TPSA) is 40.5 Å². The first-order valence-corrected chi connectivity index (χ1v) is 4.27. The number of rotatable bonds is 3. The summed E-state index contributed by atoms with van der Waals surface area (Å²) in [5, 5.41) is 8.72. The standard InChI is InChI=1S/C9H9ClFNO2/c1-12(5-8(13)14)9-6(10)3-2-4-7(9)11/h2-4H,5H2,1H3,(H,13,14). The van der Waals surface area contributed by atoms with Crippen LogP contribution in [0.3, 0.4) is 0 Å². The normalized spacial score (nSPS) is 9.93. The van der Waals surface area contributed by atoms with Gasteiger partial charge >= 0.3 is 5.97 Å². The third-order valence-electron chi connectivity index (χ3n) is 1.69. The SMILES string of the molecule is CN(CC(=O)O)c1c(F)cccc1Cl. The van der Waals surface area contributed by atoms with E-state index in [1.54, 1.807) is 0 Å². The number of anilines is 1. The van der Waals surface area contributed by atoms with Crippen LogP contribution in [0.15, 0.2) is 18.2 Å². The summed E-state index contributed by atoms with van der Waals surface area (Å²) in [7, 11) is 1.47. The van der Waals surface area contributed by atoms with Crippen LogP contribution in [0.2, 0.25) is 5.02 Å². The highest BCUT2D eigenvalue weighted by Crippen LogP contribution is 2.27. The predicted octanol–water partition coefficient (Wildman–Crippen LogP) is 2.00. The fourth-order valence-corrected chi connectivity index (χ4v) is 1.44. The Morgan fingerprint density at radius 1 is 1.64 bits per heavy atom. The third-order valence-corrected chi connectivity index (χ3v) is 2.00. The molecule has 76 valence electrons. The first-order chi connectivity index (χ1) is 6.52. The summed E-state index contributed by atoms with van der Waals surface area (Å²) in [6.45, 7) is -0.291. The molecule has 0 radical (unpaired) electrons. The summed E-state index contributed by atoms with van der Waals surface area (Å²) < 4.78 is 13.2. The molecule has 3 nitrogen and oxygen atoms in total. The zero-order chi connectivity index (χ0) is 10.7. The van der Waals surface area contributed by atoms with Crippen LogP contribution in [0, 0.1) is 5.82 Å². The fraction of sp³-hybridized carbons (Fsp3) is 0.222. The predicted molar refractivity (Wildman–Crippen MR) is 52.3 cm³/mol. The van der Waals surface area contributed by atoms with Gasteiger partial charge in [-0.3, -0.25) is 4.79 Å². The van der Waals surface area contributed by atoms with Crippen molar-refractivity contribution in [2.45, 2.75) is 0 Å². The van der Waals surface area contributed by atoms with Crippen molar-refractivity contribution in [3.05, 3.63) is 29.0 Å². The quantitative estimate of drug-likeness (QED) is 0.842. The molecular formula is C9H9ClFNO2. The third kappa shape index (κ3) is 2.35. The van der Waals surface area contributed by atoms with Gasteiger partial charge in [0.2, 0.25) is 0 Å². The molecule has 1 N–H and O–H groups in total. The summed E-state index contributed by atoms with van der Waals surface area (Å²) >= 11 is 5.73. The number of hydrogen-bond acceptors (Lipinski definition) is 2. The van der Waals surface area contributed by atoms with Gasteiger partial charge in [0.05, 0.1) is 10.7 Å². The number of halogens is 2. The average Bonchev–Trinajstić information content (AvgIpc) is 2.01.